The molecule has 0 fully saturated rings. The van der Waals surface area contributed by atoms with Crippen molar-refractivity contribution in [3.05, 3.63) is 54.4 Å². The fourth-order valence-corrected chi connectivity index (χ4v) is 1.82. The molecule has 1 aromatic carbocycles. The summed E-state index contributed by atoms with van der Waals surface area (Å²) in [5, 5.41) is 12.7. The molecule has 0 aliphatic carbocycles. The maximum absolute atomic E-state index is 11.9. The van der Waals surface area contributed by atoms with Crippen molar-refractivity contribution < 1.29 is 14.6 Å². The normalized spacial score (nSPS) is 11.7. The van der Waals surface area contributed by atoms with Crippen LogP contribution in [0.25, 0.3) is 0 Å². The molecule has 0 spiro atoms. The first-order chi connectivity index (χ1) is 9.70. The lowest BCUT2D eigenvalue weighted by molar-refractivity contribution is -0.118. The van der Waals surface area contributed by atoms with Gasteiger partial charge in [0.2, 0.25) is 5.91 Å². The van der Waals surface area contributed by atoms with E-state index >= 15 is 0 Å². The Hall–Kier alpha value is -2.40. The predicted octanol–water partition coefficient (Wildman–Crippen LogP) is 2.15. The van der Waals surface area contributed by atoms with E-state index in [1.165, 1.54) is 13.3 Å². The van der Waals surface area contributed by atoms with Crippen LogP contribution in [0, 0.1) is 0 Å². The number of pyridine rings is 1. The number of nitrogens with one attached hydrogen (secondary N) is 1. The molecule has 2 N–H and O–H groups in total. The molecule has 0 bridgehead atoms. The van der Waals surface area contributed by atoms with Gasteiger partial charge in [-0.1, -0.05) is 30.3 Å². The second-order valence-electron chi connectivity index (χ2n) is 4.25. The van der Waals surface area contributed by atoms with Crippen molar-refractivity contribution in [2.24, 2.45) is 0 Å². The number of aliphatic hydroxyl groups excluding tert-OH is 1. The lowest BCUT2D eigenvalue weighted by Crippen LogP contribution is -2.16. The quantitative estimate of drug-likeness (QED) is 0.875. The number of ether oxygens (including phenoxy) is 1. The second-order valence-corrected chi connectivity index (χ2v) is 4.25. The Kier molecular flexibility index (Phi) is 4.68. The van der Waals surface area contributed by atoms with Crippen LogP contribution in [0.2, 0.25) is 0 Å². The zero-order valence-corrected chi connectivity index (χ0v) is 11.1. The molecule has 1 aromatic heterocycles. The number of methoxy groups -OCH3 is 1. The molecular formula is C15H16N2O3. The second kappa shape index (κ2) is 6.68. The van der Waals surface area contributed by atoms with Crippen LogP contribution in [0.4, 0.5) is 5.69 Å². The van der Waals surface area contributed by atoms with Crippen molar-refractivity contribution in [1.82, 2.24) is 4.98 Å². The van der Waals surface area contributed by atoms with Crippen LogP contribution in [0.3, 0.4) is 0 Å². The maximum atomic E-state index is 11.9. The van der Waals surface area contributed by atoms with Gasteiger partial charge >= 0.3 is 0 Å². The van der Waals surface area contributed by atoms with E-state index in [9.17, 15) is 9.90 Å². The molecular weight excluding hydrogens is 256 g/mol. The van der Waals surface area contributed by atoms with Crippen molar-refractivity contribution in [3.63, 3.8) is 0 Å². The SMILES string of the molecule is COc1ccncc1NC(=O)CC(O)c1ccccc1. The molecule has 0 aliphatic heterocycles. The molecule has 2 rings (SSSR count). The number of benzene rings is 1. The number of aromatic nitrogens is 1. The van der Waals surface area contributed by atoms with Gasteiger partial charge in [-0.25, -0.2) is 0 Å². The average molecular weight is 272 g/mol. The number of rotatable bonds is 5. The lowest BCUT2D eigenvalue weighted by Gasteiger charge is -2.12. The summed E-state index contributed by atoms with van der Waals surface area (Å²) >= 11 is 0. The third kappa shape index (κ3) is 3.55. The Bertz CT molecular complexity index is 572. The predicted molar refractivity (Wildman–Crippen MR) is 75.4 cm³/mol. The van der Waals surface area contributed by atoms with Gasteiger partial charge < -0.3 is 15.2 Å². The molecule has 0 saturated heterocycles. The fraction of sp³-hybridized carbons (Fsp3) is 0.200. The first-order valence-corrected chi connectivity index (χ1v) is 6.21. The van der Waals surface area contributed by atoms with Crippen molar-refractivity contribution in [2.45, 2.75) is 12.5 Å². The number of hydrogen-bond donors (Lipinski definition) is 2. The van der Waals surface area contributed by atoms with E-state index in [1.54, 1.807) is 24.4 Å². The summed E-state index contributed by atoms with van der Waals surface area (Å²) in [5.41, 5.74) is 1.20. The van der Waals surface area contributed by atoms with Crippen LogP contribution in [-0.4, -0.2) is 23.1 Å². The molecule has 0 aliphatic rings. The molecule has 0 radical (unpaired) electrons. The Labute approximate surface area is 117 Å². The zero-order valence-electron chi connectivity index (χ0n) is 11.1. The molecule has 1 atom stereocenters. The number of carbonyl (C=O) groups excluding carboxylic acids is 1. The van der Waals surface area contributed by atoms with E-state index in [-0.39, 0.29) is 12.3 Å². The third-order valence-electron chi connectivity index (χ3n) is 2.84. The largest absolute Gasteiger partial charge is 0.494 e. The Morgan fingerprint density at radius 1 is 1.35 bits per heavy atom. The number of nitrogens with zero attached hydrogens (tertiary/aromatic N) is 1. The van der Waals surface area contributed by atoms with Gasteiger partial charge in [-0.15, -0.1) is 0 Å². The lowest BCUT2D eigenvalue weighted by atomic mass is 10.1. The molecule has 1 unspecified atom stereocenters. The Morgan fingerprint density at radius 3 is 2.80 bits per heavy atom. The van der Waals surface area contributed by atoms with Crippen LogP contribution in [0.5, 0.6) is 5.75 Å². The first-order valence-electron chi connectivity index (χ1n) is 6.21. The van der Waals surface area contributed by atoms with Gasteiger partial charge in [0.05, 0.1) is 25.8 Å². The van der Waals surface area contributed by atoms with Gasteiger partial charge in [-0.3, -0.25) is 9.78 Å². The number of hydrogen-bond acceptors (Lipinski definition) is 4. The minimum Gasteiger partial charge on any atom is -0.494 e. The van der Waals surface area contributed by atoms with Crippen LogP contribution >= 0.6 is 0 Å². The number of amides is 1. The Balaban J connectivity index is 1.99. The number of aliphatic hydroxyl groups is 1. The standard InChI is InChI=1S/C15H16N2O3/c1-20-14-7-8-16-10-12(14)17-15(19)9-13(18)11-5-3-2-4-6-11/h2-8,10,13,18H,9H2,1H3,(H,17,19). The molecule has 5 nitrogen and oxygen atoms in total. The molecule has 1 amide bonds. The van der Waals surface area contributed by atoms with Gasteiger partial charge in [-0.2, -0.15) is 0 Å². The highest BCUT2D eigenvalue weighted by atomic mass is 16.5. The van der Waals surface area contributed by atoms with Gasteiger partial charge in [0.1, 0.15) is 11.4 Å². The van der Waals surface area contributed by atoms with Gasteiger partial charge in [0.25, 0.3) is 0 Å². The van der Waals surface area contributed by atoms with Crippen LogP contribution in [-0.2, 0) is 4.79 Å². The van der Waals surface area contributed by atoms with Crippen molar-refractivity contribution in [3.8, 4) is 5.75 Å². The third-order valence-corrected chi connectivity index (χ3v) is 2.84. The molecule has 1 heterocycles. The first kappa shape index (κ1) is 14.0. The number of anilines is 1. The van der Waals surface area contributed by atoms with Crippen LogP contribution in [0.1, 0.15) is 18.1 Å². The van der Waals surface area contributed by atoms with E-state index in [0.29, 0.717) is 17.0 Å². The minimum absolute atomic E-state index is 0.0257. The minimum atomic E-state index is -0.834. The number of carbonyl (C=O) groups is 1. The van der Waals surface area contributed by atoms with Crippen molar-refractivity contribution in [1.29, 1.82) is 0 Å². The van der Waals surface area contributed by atoms with E-state index in [0.717, 1.165) is 0 Å². The van der Waals surface area contributed by atoms with Gasteiger partial charge in [0, 0.05) is 12.3 Å². The van der Waals surface area contributed by atoms with Crippen molar-refractivity contribution in [2.75, 3.05) is 12.4 Å². The van der Waals surface area contributed by atoms with Crippen LogP contribution < -0.4 is 10.1 Å². The highest BCUT2D eigenvalue weighted by Crippen LogP contribution is 2.23. The van der Waals surface area contributed by atoms with E-state index in [4.69, 9.17) is 4.74 Å². The highest BCUT2D eigenvalue weighted by molar-refractivity contribution is 5.92. The van der Waals surface area contributed by atoms with Gasteiger partial charge in [-0.05, 0) is 5.56 Å². The molecule has 0 saturated carbocycles. The summed E-state index contributed by atoms with van der Waals surface area (Å²) in [4.78, 5) is 15.8. The monoisotopic (exact) mass is 272 g/mol. The van der Waals surface area contributed by atoms with E-state index in [2.05, 4.69) is 10.3 Å². The summed E-state index contributed by atoms with van der Waals surface area (Å²) < 4.78 is 5.12. The van der Waals surface area contributed by atoms with Gasteiger partial charge in [0.15, 0.2) is 0 Å². The smallest absolute Gasteiger partial charge is 0.227 e. The topological polar surface area (TPSA) is 71.5 Å². The Morgan fingerprint density at radius 2 is 2.10 bits per heavy atom. The fourth-order valence-electron chi connectivity index (χ4n) is 1.82. The summed E-state index contributed by atoms with van der Waals surface area (Å²) in [6.45, 7) is 0. The summed E-state index contributed by atoms with van der Waals surface area (Å²) in [5.74, 6) is 0.232. The van der Waals surface area contributed by atoms with E-state index < -0.39 is 6.10 Å². The van der Waals surface area contributed by atoms with Crippen molar-refractivity contribution >= 4 is 11.6 Å². The maximum Gasteiger partial charge on any atom is 0.227 e. The summed E-state index contributed by atoms with van der Waals surface area (Å²) in [7, 11) is 1.52. The highest BCUT2D eigenvalue weighted by Gasteiger charge is 2.14. The molecule has 20 heavy (non-hydrogen) atoms. The molecule has 5 heteroatoms. The summed E-state index contributed by atoms with van der Waals surface area (Å²) in [6, 6.07) is 10.7. The van der Waals surface area contributed by atoms with Crippen LogP contribution in [0.15, 0.2) is 48.8 Å². The summed E-state index contributed by atoms with van der Waals surface area (Å²) in [6.07, 6.45) is 2.22. The molecule has 2 aromatic rings. The average Bonchev–Trinajstić information content (AvgIpc) is 2.48. The molecule has 104 valence electrons. The zero-order chi connectivity index (χ0) is 14.4. The van der Waals surface area contributed by atoms with E-state index in [1.807, 2.05) is 18.2 Å².